The second kappa shape index (κ2) is 10.2. The Labute approximate surface area is 236 Å². The summed E-state index contributed by atoms with van der Waals surface area (Å²) in [4.78, 5) is 17.6. The number of thiazole rings is 1. The van der Waals surface area contributed by atoms with Gasteiger partial charge in [-0.15, -0.1) is 11.3 Å². The standard InChI is InChI=1S/C31H30ClN3O3S/c1-17-14-24-28(39-29(33-24)21-9-7-8-20(15-21)23-16-35(6)34-18(23)2)26(19-10-12-22(32)13-11-19)25(17)27(30(36)37)38-31(3,4)5/h7-16,27H,1-6H3,(H,36,37)/t27-/m0/s1. The lowest BCUT2D eigenvalue weighted by molar-refractivity contribution is -0.160. The zero-order valence-corrected chi connectivity index (χ0v) is 24.3. The van der Waals surface area contributed by atoms with Gasteiger partial charge in [0, 0.05) is 40.5 Å². The van der Waals surface area contributed by atoms with E-state index in [9.17, 15) is 9.90 Å². The van der Waals surface area contributed by atoms with Gasteiger partial charge in [0.15, 0.2) is 6.10 Å². The Bertz CT molecular complexity index is 1700. The van der Waals surface area contributed by atoms with Crippen LogP contribution in [-0.2, 0) is 16.6 Å². The second-order valence-corrected chi connectivity index (χ2v) is 12.1. The maximum atomic E-state index is 12.6. The van der Waals surface area contributed by atoms with Gasteiger partial charge in [-0.3, -0.25) is 4.68 Å². The number of aryl methyl sites for hydroxylation is 3. The molecule has 0 amide bonds. The monoisotopic (exact) mass is 559 g/mol. The third-order valence-electron chi connectivity index (χ3n) is 6.45. The molecule has 0 saturated carbocycles. The Balaban J connectivity index is 1.74. The summed E-state index contributed by atoms with van der Waals surface area (Å²) in [5.74, 6) is -1.04. The van der Waals surface area contributed by atoms with Crippen LogP contribution in [0.4, 0.5) is 0 Å². The molecule has 0 fully saturated rings. The van der Waals surface area contributed by atoms with Crippen LogP contribution in [0.3, 0.4) is 0 Å². The van der Waals surface area contributed by atoms with Crippen molar-refractivity contribution in [3.05, 3.63) is 82.6 Å². The van der Waals surface area contributed by atoms with E-state index in [1.54, 1.807) is 11.3 Å². The Morgan fingerprint density at radius 3 is 2.36 bits per heavy atom. The Morgan fingerprint density at radius 1 is 1.05 bits per heavy atom. The Hall–Kier alpha value is -3.52. The molecule has 0 saturated heterocycles. The van der Waals surface area contributed by atoms with Gasteiger partial charge < -0.3 is 9.84 Å². The van der Waals surface area contributed by atoms with Gasteiger partial charge in [0.25, 0.3) is 0 Å². The molecule has 0 bridgehead atoms. The molecule has 1 N–H and O–H groups in total. The van der Waals surface area contributed by atoms with Crippen molar-refractivity contribution in [2.45, 2.75) is 46.3 Å². The largest absolute Gasteiger partial charge is 0.479 e. The molecular weight excluding hydrogens is 530 g/mol. The van der Waals surface area contributed by atoms with Gasteiger partial charge in [-0.1, -0.05) is 41.9 Å². The summed E-state index contributed by atoms with van der Waals surface area (Å²) in [6.07, 6.45) is 0.866. The molecule has 3 aromatic carbocycles. The topological polar surface area (TPSA) is 77.2 Å². The minimum absolute atomic E-state index is 0.609. The molecule has 6 nitrogen and oxygen atoms in total. The predicted molar refractivity (Wildman–Crippen MR) is 158 cm³/mol. The van der Waals surface area contributed by atoms with E-state index in [-0.39, 0.29) is 0 Å². The first-order valence-corrected chi connectivity index (χ1v) is 13.8. The molecule has 200 valence electrons. The lowest BCUT2D eigenvalue weighted by atomic mass is 9.91. The van der Waals surface area contributed by atoms with Crippen LogP contribution in [0, 0.1) is 13.8 Å². The molecule has 1 atom stereocenters. The number of ether oxygens (including phenoxy) is 1. The maximum Gasteiger partial charge on any atom is 0.337 e. The van der Waals surface area contributed by atoms with E-state index in [1.165, 1.54) is 0 Å². The van der Waals surface area contributed by atoms with E-state index >= 15 is 0 Å². The Morgan fingerprint density at radius 2 is 1.74 bits per heavy atom. The molecule has 2 aromatic heterocycles. The molecule has 0 unspecified atom stereocenters. The number of halogens is 1. The number of aliphatic carboxylic acids is 1. The summed E-state index contributed by atoms with van der Waals surface area (Å²) < 4.78 is 8.84. The van der Waals surface area contributed by atoms with Gasteiger partial charge in [-0.2, -0.15) is 5.10 Å². The number of nitrogens with zero attached hydrogens (tertiary/aromatic N) is 3. The molecular formula is C31H30ClN3O3S. The van der Waals surface area contributed by atoms with Crippen LogP contribution in [-0.4, -0.2) is 31.4 Å². The van der Waals surface area contributed by atoms with Crippen LogP contribution in [0.5, 0.6) is 0 Å². The highest BCUT2D eigenvalue weighted by atomic mass is 35.5. The molecule has 39 heavy (non-hydrogen) atoms. The van der Waals surface area contributed by atoms with Crippen molar-refractivity contribution >= 4 is 39.1 Å². The second-order valence-electron chi connectivity index (χ2n) is 10.7. The number of carboxylic acid groups (broad SMARTS) is 1. The first-order valence-electron chi connectivity index (χ1n) is 12.6. The van der Waals surface area contributed by atoms with Gasteiger partial charge in [0.05, 0.1) is 21.5 Å². The highest BCUT2D eigenvalue weighted by molar-refractivity contribution is 7.22. The third kappa shape index (κ3) is 5.48. The zero-order valence-electron chi connectivity index (χ0n) is 22.7. The van der Waals surface area contributed by atoms with Gasteiger partial charge in [-0.25, -0.2) is 9.78 Å². The minimum atomic E-state index is -1.15. The number of aromatic nitrogens is 3. The first-order chi connectivity index (χ1) is 18.4. The van der Waals surface area contributed by atoms with Crippen LogP contribution in [0.1, 0.15) is 43.7 Å². The molecule has 0 spiro atoms. The maximum absolute atomic E-state index is 12.6. The number of fused-ring (bicyclic) bond motifs is 1. The van der Waals surface area contributed by atoms with Gasteiger partial charge in [0.1, 0.15) is 5.01 Å². The van der Waals surface area contributed by atoms with Crippen LogP contribution in [0.15, 0.2) is 60.8 Å². The first kappa shape index (κ1) is 27.1. The molecule has 5 aromatic rings. The van der Waals surface area contributed by atoms with Crippen molar-refractivity contribution in [3.63, 3.8) is 0 Å². The number of rotatable bonds is 6. The molecule has 0 aliphatic heterocycles. The van der Waals surface area contributed by atoms with Crippen molar-refractivity contribution in [2.75, 3.05) is 0 Å². The van der Waals surface area contributed by atoms with Crippen LogP contribution >= 0.6 is 22.9 Å². The SMILES string of the molecule is Cc1cc2nc(-c3cccc(-c4cn(C)nc4C)c3)sc2c(-c2ccc(Cl)cc2)c1[C@H](OC(C)(C)C)C(=O)O. The van der Waals surface area contributed by atoms with Gasteiger partial charge in [-0.05, 0) is 75.6 Å². The fraction of sp³-hybridized carbons (Fsp3) is 0.258. The number of hydrogen-bond acceptors (Lipinski definition) is 5. The third-order valence-corrected chi connectivity index (χ3v) is 7.84. The summed E-state index contributed by atoms with van der Waals surface area (Å²) in [5.41, 5.74) is 7.34. The average molecular weight is 560 g/mol. The minimum Gasteiger partial charge on any atom is -0.479 e. The van der Waals surface area contributed by atoms with Crippen molar-refractivity contribution in [1.82, 2.24) is 14.8 Å². The van der Waals surface area contributed by atoms with E-state index in [4.69, 9.17) is 21.3 Å². The van der Waals surface area contributed by atoms with E-state index in [1.807, 2.05) is 95.0 Å². The fourth-order valence-corrected chi connectivity index (χ4v) is 6.11. The van der Waals surface area contributed by atoms with E-state index in [0.29, 0.717) is 10.6 Å². The van der Waals surface area contributed by atoms with Crippen LogP contribution in [0.2, 0.25) is 5.02 Å². The summed E-state index contributed by atoms with van der Waals surface area (Å²) in [5, 5.41) is 16.2. The van der Waals surface area contributed by atoms with Crippen molar-refractivity contribution < 1.29 is 14.6 Å². The smallest absolute Gasteiger partial charge is 0.337 e. The molecule has 0 aliphatic carbocycles. The van der Waals surface area contributed by atoms with Gasteiger partial charge >= 0.3 is 5.97 Å². The summed E-state index contributed by atoms with van der Waals surface area (Å²) in [7, 11) is 1.92. The van der Waals surface area contributed by atoms with Crippen molar-refractivity contribution in [2.24, 2.45) is 7.05 Å². The summed E-state index contributed by atoms with van der Waals surface area (Å²) in [6.45, 7) is 9.50. The summed E-state index contributed by atoms with van der Waals surface area (Å²) in [6, 6.07) is 17.7. The highest BCUT2D eigenvalue weighted by Gasteiger charge is 2.32. The molecule has 8 heteroatoms. The summed E-state index contributed by atoms with van der Waals surface area (Å²) >= 11 is 7.76. The lowest BCUT2D eigenvalue weighted by Crippen LogP contribution is -2.28. The molecule has 5 rings (SSSR count). The Kier molecular flexibility index (Phi) is 7.10. The quantitative estimate of drug-likeness (QED) is 0.227. The van der Waals surface area contributed by atoms with Crippen LogP contribution < -0.4 is 0 Å². The van der Waals surface area contributed by atoms with Gasteiger partial charge in [0.2, 0.25) is 0 Å². The highest BCUT2D eigenvalue weighted by Crippen LogP contribution is 2.44. The van der Waals surface area contributed by atoms with E-state index < -0.39 is 17.7 Å². The lowest BCUT2D eigenvalue weighted by Gasteiger charge is -2.28. The number of carbonyl (C=O) groups is 1. The molecule has 0 aliphatic rings. The van der Waals surface area contributed by atoms with Crippen LogP contribution in [0.25, 0.3) is 43.0 Å². The number of hydrogen-bond donors (Lipinski definition) is 1. The predicted octanol–water partition coefficient (Wildman–Crippen LogP) is 8.24. The van der Waals surface area contributed by atoms with Crippen molar-refractivity contribution in [3.8, 4) is 32.8 Å². The average Bonchev–Trinajstić information content (AvgIpc) is 3.44. The van der Waals surface area contributed by atoms with E-state index in [2.05, 4.69) is 17.2 Å². The molecule has 0 radical (unpaired) electrons. The fourth-order valence-electron chi connectivity index (χ4n) is 4.86. The normalized spacial score (nSPS) is 12.7. The number of carboxylic acids is 1. The number of benzene rings is 3. The zero-order chi connectivity index (χ0) is 28.1. The van der Waals surface area contributed by atoms with Crippen molar-refractivity contribution in [1.29, 1.82) is 0 Å². The van der Waals surface area contributed by atoms with E-state index in [0.717, 1.165) is 54.3 Å². The molecule has 2 heterocycles.